The number of benzene rings is 2. The zero-order valence-electron chi connectivity index (χ0n) is 17.8. The predicted octanol–water partition coefficient (Wildman–Crippen LogP) is 1.28. The molecule has 0 atom stereocenters. The van der Waals surface area contributed by atoms with Crippen LogP contribution in [-0.4, -0.2) is 86.0 Å². The summed E-state index contributed by atoms with van der Waals surface area (Å²) >= 11 is 0. The number of hydrogen-bond acceptors (Lipinski definition) is 8. The van der Waals surface area contributed by atoms with E-state index in [4.69, 9.17) is 4.74 Å². The van der Waals surface area contributed by atoms with Crippen molar-refractivity contribution in [2.75, 3.05) is 57.4 Å². The fourth-order valence-electron chi connectivity index (χ4n) is 3.99. The van der Waals surface area contributed by atoms with Crippen molar-refractivity contribution in [1.29, 1.82) is 0 Å². The highest BCUT2D eigenvalue weighted by molar-refractivity contribution is 7.89. The zero-order chi connectivity index (χ0) is 23.6. The van der Waals surface area contributed by atoms with Gasteiger partial charge in [-0.15, -0.1) is 0 Å². The molecule has 0 aliphatic carbocycles. The number of morpholine rings is 1. The molecule has 11 nitrogen and oxygen atoms in total. The van der Waals surface area contributed by atoms with Crippen LogP contribution in [0.5, 0.6) is 5.75 Å². The topological polar surface area (TPSA) is 134 Å². The Morgan fingerprint density at radius 3 is 2.33 bits per heavy atom. The number of nitro groups is 1. The van der Waals surface area contributed by atoms with Gasteiger partial charge in [-0.1, -0.05) is 6.07 Å². The van der Waals surface area contributed by atoms with E-state index in [1.165, 1.54) is 28.6 Å². The third-order valence-electron chi connectivity index (χ3n) is 5.75. The lowest BCUT2D eigenvalue weighted by atomic mass is 10.1. The first kappa shape index (κ1) is 23.0. The Morgan fingerprint density at radius 1 is 1.00 bits per heavy atom. The molecule has 0 spiro atoms. The standard InChI is InChI=1S/C21H24N4O7S/c26-17-3-1-2-16(14-17)21(27)23-8-6-22(7-9-23)19-5-4-18(15-20(19)25(28)29)33(30,31)24-10-12-32-13-11-24/h1-5,14-15,26H,6-13H2. The summed E-state index contributed by atoms with van der Waals surface area (Å²) in [6, 6.07) is 10.0. The molecule has 0 unspecified atom stereocenters. The van der Waals surface area contributed by atoms with E-state index in [0.29, 0.717) is 37.4 Å². The molecule has 2 aromatic carbocycles. The summed E-state index contributed by atoms with van der Waals surface area (Å²) in [4.78, 5) is 27.1. The van der Waals surface area contributed by atoms with Crippen molar-refractivity contribution in [2.45, 2.75) is 4.90 Å². The molecule has 2 saturated heterocycles. The van der Waals surface area contributed by atoms with Gasteiger partial charge in [0.2, 0.25) is 10.0 Å². The van der Waals surface area contributed by atoms with Crippen LogP contribution in [0.2, 0.25) is 0 Å². The second-order valence-corrected chi connectivity index (χ2v) is 9.69. The maximum Gasteiger partial charge on any atom is 0.293 e. The molecule has 2 aromatic rings. The molecule has 0 aromatic heterocycles. The minimum absolute atomic E-state index is 0.00207. The Morgan fingerprint density at radius 2 is 1.70 bits per heavy atom. The smallest absolute Gasteiger partial charge is 0.293 e. The minimum atomic E-state index is -3.86. The van der Waals surface area contributed by atoms with Crippen LogP contribution in [0.1, 0.15) is 10.4 Å². The Bertz CT molecular complexity index is 1160. The molecule has 2 fully saturated rings. The van der Waals surface area contributed by atoms with E-state index in [0.717, 1.165) is 6.07 Å². The normalized spacial score (nSPS) is 17.7. The van der Waals surface area contributed by atoms with Gasteiger partial charge in [0, 0.05) is 50.9 Å². The fourth-order valence-corrected chi connectivity index (χ4v) is 5.41. The highest BCUT2D eigenvalue weighted by Crippen LogP contribution is 2.33. The number of ether oxygens (including phenoxy) is 1. The van der Waals surface area contributed by atoms with Crippen LogP contribution in [0.15, 0.2) is 47.4 Å². The summed E-state index contributed by atoms with van der Waals surface area (Å²) in [7, 11) is -3.86. The van der Waals surface area contributed by atoms with Crippen LogP contribution >= 0.6 is 0 Å². The minimum Gasteiger partial charge on any atom is -0.508 e. The van der Waals surface area contributed by atoms with E-state index in [9.17, 15) is 28.4 Å². The van der Waals surface area contributed by atoms with Crippen LogP contribution < -0.4 is 4.90 Å². The van der Waals surface area contributed by atoms with Crippen LogP contribution in [0.3, 0.4) is 0 Å². The molecule has 12 heteroatoms. The number of nitrogens with zero attached hydrogens (tertiary/aromatic N) is 4. The Balaban J connectivity index is 1.51. The number of aromatic hydroxyl groups is 1. The molecule has 2 aliphatic rings. The van der Waals surface area contributed by atoms with E-state index < -0.39 is 14.9 Å². The average molecular weight is 477 g/mol. The number of phenolic OH excluding ortho intramolecular Hbond substituents is 1. The van der Waals surface area contributed by atoms with Crippen molar-refractivity contribution in [3.63, 3.8) is 0 Å². The maximum absolute atomic E-state index is 12.9. The van der Waals surface area contributed by atoms with Gasteiger partial charge in [-0.3, -0.25) is 14.9 Å². The monoisotopic (exact) mass is 476 g/mol. The van der Waals surface area contributed by atoms with Gasteiger partial charge in [0.1, 0.15) is 11.4 Å². The van der Waals surface area contributed by atoms with Crippen LogP contribution in [-0.2, 0) is 14.8 Å². The van der Waals surface area contributed by atoms with Crippen LogP contribution in [0.25, 0.3) is 0 Å². The summed E-state index contributed by atoms with van der Waals surface area (Å²) in [5.41, 5.74) is 0.384. The van der Waals surface area contributed by atoms with Gasteiger partial charge in [0.15, 0.2) is 0 Å². The molecular weight excluding hydrogens is 452 g/mol. The van der Waals surface area contributed by atoms with Crippen molar-refractivity contribution in [3.05, 3.63) is 58.1 Å². The molecule has 0 radical (unpaired) electrons. The van der Waals surface area contributed by atoms with Gasteiger partial charge in [-0.25, -0.2) is 8.42 Å². The molecule has 2 aliphatic heterocycles. The third-order valence-corrected chi connectivity index (χ3v) is 7.65. The third kappa shape index (κ3) is 4.77. The van der Waals surface area contributed by atoms with Crippen molar-refractivity contribution in [1.82, 2.24) is 9.21 Å². The average Bonchev–Trinajstić information content (AvgIpc) is 2.84. The SMILES string of the molecule is O=C(c1cccc(O)c1)N1CCN(c2ccc(S(=O)(=O)N3CCOCC3)cc2[N+](=O)[O-])CC1. The number of amides is 1. The molecule has 33 heavy (non-hydrogen) atoms. The Hall–Kier alpha value is -3.22. The molecule has 2 heterocycles. The number of rotatable bonds is 5. The first-order valence-electron chi connectivity index (χ1n) is 10.5. The van der Waals surface area contributed by atoms with E-state index in [1.54, 1.807) is 21.9 Å². The summed E-state index contributed by atoms with van der Waals surface area (Å²) in [5, 5.41) is 21.4. The van der Waals surface area contributed by atoms with Gasteiger partial charge >= 0.3 is 0 Å². The number of carbonyl (C=O) groups is 1. The van der Waals surface area contributed by atoms with Crippen molar-refractivity contribution in [2.24, 2.45) is 0 Å². The van der Waals surface area contributed by atoms with Gasteiger partial charge in [0.25, 0.3) is 11.6 Å². The molecule has 176 valence electrons. The van der Waals surface area contributed by atoms with Gasteiger partial charge < -0.3 is 19.6 Å². The van der Waals surface area contributed by atoms with E-state index in [1.807, 2.05) is 0 Å². The van der Waals surface area contributed by atoms with Crippen molar-refractivity contribution in [3.8, 4) is 5.75 Å². The molecule has 0 saturated carbocycles. The van der Waals surface area contributed by atoms with Gasteiger partial charge in [0.05, 0.1) is 23.0 Å². The number of hydrogen-bond donors (Lipinski definition) is 1. The highest BCUT2D eigenvalue weighted by Gasteiger charge is 2.31. The summed E-state index contributed by atoms with van der Waals surface area (Å²) in [5.74, 6) is -0.228. The molecule has 0 bridgehead atoms. The summed E-state index contributed by atoms with van der Waals surface area (Å²) in [6.07, 6.45) is 0. The zero-order valence-corrected chi connectivity index (χ0v) is 18.6. The number of carbonyl (C=O) groups excluding carboxylic acids is 1. The quantitative estimate of drug-likeness (QED) is 0.504. The summed E-state index contributed by atoms with van der Waals surface area (Å²) in [6.45, 7) is 2.33. The molecule has 4 rings (SSSR count). The second-order valence-electron chi connectivity index (χ2n) is 7.75. The van der Waals surface area contributed by atoms with Gasteiger partial charge in [-0.2, -0.15) is 4.31 Å². The molecular formula is C21H24N4O7S. The Kier molecular flexibility index (Phi) is 6.49. The van der Waals surface area contributed by atoms with Gasteiger partial charge in [-0.05, 0) is 30.3 Å². The van der Waals surface area contributed by atoms with Crippen LogP contribution in [0, 0.1) is 10.1 Å². The second kappa shape index (κ2) is 9.33. The first-order chi connectivity index (χ1) is 15.8. The van der Waals surface area contributed by atoms with Crippen molar-refractivity contribution < 1.29 is 28.0 Å². The number of piperazine rings is 1. The summed E-state index contributed by atoms with van der Waals surface area (Å²) < 4.78 is 32.3. The maximum atomic E-state index is 12.9. The number of phenols is 1. The molecule has 1 N–H and O–H groups in total. The number of sulfonamides is 1. The van der Waals surface area contributed by atoms with E-state index >= 15 is 0 Å². The first-order valence-corrected chi connectivity index (χ1v) is 11.9. The van der Waals surface area contributed by atoms with Crippen LogP contribution in [0.4, 0.5) is 11.4 Å². The van der Waals surface area contributed by atoms with Crippen molar-refractivity contribution >= 4 is 27.3 Å². The van der Waals surface area contributed by atoms with E-state index in [-0.39, 0.29) is 48.5 Å². The predicted molar refractivity (Wildman–Crippen MR) is 119 cm³/mol. The van der Waals surface area contributed by atoms with E-state index in [2.05, 4.69) is 0 Å². The Labute approximate surface area is 191 Å². The lowest BCUT2D eigenvalue weighted by Crippen LogP contribution is -2.49. The lowest BCUT2D eigenvalue weighted by molar-refractivity contribution is -0.384. The fraction of sp³-hybridized carbons (Fsp3) is 0.381. The lowest BCUT2D eigenvalue weighted by Gasteiger charge is -2.36. The number of anilines is 1. The number of nitro benzene ring substituents is 1. The largest absolute Gasteiger partial charge is 0.508 e. The molecule has 1 amide bonds. The highest BCUT2D eigenvalue weighted by atomic mass is 32.2.